The molecular weight excluding hydrogens is 180 g/mol. The van der Waals surface area contributed by atoms with Crippen LogP contribution in [0.3, 0.4) is 0 Å². The molecule has 0 aliphatic heterocycles. The standard InChI is InChI=1S/C8H13ClO3/c1-3-4-11-6-8(5-9)12-7(2)10/h3,8H,1,4-6H2,2H3/t8-/m0/s1. The second-order valence-electron chi connectivity index (χ2n) is 2.21. The van der Waals surface area contributed by atoms with Crippen LogP contribution in [0.1, 0.15) is 6.92 Å². The summed E-state index contributed by atoms with van der Waals surface area (Å²) < 4.78 is 9.87. The summed E-state index contributed by atoms with van der Waals surface area (Å²) in [4.78, 5) is 10.5. The Bertz CT molecular complexity index is 147. The molecule has 0 aromatic rings. The Labute approximate surface area is 77.3 Å². The molecule has 0 bridgehead atoms. The van der Waals surface area contributed by atoms with Gasteiger partial charge in [-0.25, -0.2) is 0 Å². The van der Waals surface area contributed by atoms with E-state index < -0.39 is 0 Å². The van der Waals surface area contributed by atoms with Crippen LogP contribution in [-0.2, 0) is 14.3 Å². The molecule has 0 aromatic heterocycles. The first kappa shape index (κ1) is 11.5. The van der Waals surface area contributed by atoms with Crippen LogP contribution in [0.5, 0.6) is 0 Å². The molecule has 0 radical (unpaired) electrons. The van der Waals surface area contributed by atoms with Gasteiger partial charge in [0.15, 0.2) is 0 Å². The van der Waals surface area contributed by atoms with Crippen LogP contribution >= 0.6 is 11.6 Å². The van der Waals surface area contributed by atoms with Crippen LogP contribution in [0.2, 0.25) is 0 Å². The van der Waals surface area contributed by atoms with Gasteiger partial charge in [-0.1, -0.05) is 6.08 Å². The molecular formula is C8H13ClO3. The van der Waals surface area contributed by atoms with Crippen molar-refractivity contribution in [3.63, 3.8) is 0 Å². The van der Waals surface area contributed by atoms with E-state index in [0.29, 0.717) is 13.2 Å². The Morgan fingerprint density at radius 1 is 1.75 bits per heavy atom. The van der Waals surface area contributed by atoms with Gasteiger partial charge in [-0.2, -0.15) is 0 Å². The van der Waals surface area contributed by atoms with Crippen molar-refractivity contribution in [2.24, 2.45) is 0 Å². The van der Waals surface area contributed by atoms with Gasteiger partial charge in [-0.3, -0.25) is 4.79 Å². The minimum absolute atomic E-state index is 0.247. The summed E-state index contributed by atoms with van der Waals surface area (Å²) in [6.07, 6.45) is 1.27. The highest BCUT2D eigenvalue weighted by Gasteiger charge is 2.09. The van der Waals surface area contributed by atoms with Crippen molar-refractivity contribution in [3.8, 4) is 0 Å². The molecule has 70 valence electrons. The Kier molecular flexibility index (Phi) is 6.81. The van der Waals surface area contributed by atoms with E-state index >= 15 is 0 Å². The zero-order chi connectivity index (χ0) is 9.40. The monoisotopic (exact) mass is 192 g/mol. The van der Waals surface area contributed by atoms with E-state index in [0.717, 1.165) is 0 Å². The summed E-state index contributed by atoms with van der Waals surface area (Å²) in [6, 6.07) is 0. The maximum Gasteiger partial charge on any atom is 0.303 e. The highest BCUT2D eigenvalue weighted by atomic mass is 35.5. The second-order valence-corrected chi connectivity index (χ2v) is 2.52. The zero-order valence-corrected chi connectivity index (χ0v) is 7.84. The summed E-state index contributed by atoms with van der Waals surface area (Å²) in [5.74, 6) is -0.0978. The number of ether oxygens (including phenoxy) is 2. The van der Waals surface area contributed by atoms with Gasteiger partial charge in [-0.15, -0.1) is 18.2 Å². The number of hydrogen-bond donors (Lipinski definition) is 0. The fourth-order valence-corrected chi connectivity index (χ4v) is 0.780. The molecule has 0 fully saturated rings. The molecule has 3 nitrogen and oxygen atoms in total. The maximum atomic E-state index is 10.5. The molecule has 0 aromatic carbocycles. The third kappa shape index (κ3) is 6.19. The highest BCUT2D eigenvalue weighted by Crippen LogP contribution is 1.97. The minimum Gasteiger partial charge on any atom is -0.459 e. The van der Waals surface area contributed by atoms with Gasteiger partial charge in [0.05, 0.1) is 19.1 Å². The molecule has 1 atom stereocenters. The Morgan fingerprint density at radius 2 is 2.42 bits per heavy atom. The first-order chi connectivity index (χ1) is 5.70. The van der Waals surface area contributed by atoms with E-state index in [2.05, 4.69) is 6.58 Å². The molecule has 0 unspecified atom stereocenters. The average molecular weight is 193 g/mol. The summed E-state index contributed by atoms with van der Waals surface area (Å²) in [7, 11) is 0. The van der Waals surface area contributed by atoms with Crippen molar-refractivity contribution in [2.45, 2.75) is 13.0 Å². The van der Waals surface area contributed by atoms with Gasteiger partial charge in [0.2, 0.25) is 0 Å². The van der Waals surface area contributed by atoms with Crippen molar-refractivity contribution in [1.82, 2.24) is 0 Å². The predicted octanol–water partition coefficient (Wildman–Crippen LogP) is 1.36. The molecule has 0 spiro atoms. The molecule has 4 heteroatoms. The van der Waals surface area contributed by atoms with Crippen molar-refractivity contribution < 1.29 is 14.3 Å². The molecule has 12 heavy (non-hydrogen) atoms. The first-order valence-electron chi connectivity index (χ1n) is 3.62. The van der Waals surface area contributed by atoms with Crippen LogP contribution in [-0.4, -0.2) is 31.2 Å². The van der Waals surface area contributed by atoms with E-state index in [1.165, 1.54) is 6.92 Å². The summed E-state index contributed by atoms with van der Waals surface area (Å²) in [6.45, 7) is 5.57. The van der Waals surface area contributed by atoms with Crippen molar-refractivity contribution in [1.29, 1.82) is 0 Å². The number of carbonyl (C=O) groups is 1. The van der Waals surface area contributed by atoms with Crippen LogP contribution in [0, 0.1) is 0 Å². The third-order valence-electron chi connectivity index (χ3n) is 1.04. The maximum absolute atomic E-state index is 10.5. The number of rotatable bonds is 6. The van der Waals surface area contributed by atoms with Gasteiger partial charge in [-0.05, 0) is 0 Å². The SMILES string of the molecule is C=CCOC[C@H](CCl)OC(C)=O. The van der Waals surface area contributed by atoms with Crippen molar-refractivity contribution >= 4 is 17.6 Å². The molecule has 0 amide bonds. The predicted molar refractivity (Wildman–Crippen MR) is 47.3 cm³/mol. The van der Waals surface area contributed by atoms with Gasteiger partial charge < -0.3 is 9.47 Å². The van der Waals surface area contributed by atoms with Gasteiger partial charge in [0.25, 0.3) is 0 Å². The molecule has 0 N–H and O–H groups in total. The highest BCUT2D eigenvalue weighted by molar-refractivity contribution is 6.18. The Morgan fingerprint density at radius 3 is 2.83 bits per heavy atom. The van der Waals surface area contributed by atoms with Crippen molar-refractivity contribution in [2.75, 3.05) is 19.1 Å². The Balaban J connectivity index is 3.52. The van der Waals surface area contributed by atoms with Crippen LogP contribution in [0.15, 0.2) is 12.7 Å². The van der Waals surface area contributed by atoms with Crippen LogP contribution in [0.4, 0.5) is 0 Å². The van der Waals surface area contributed by atoms with E-state index in [1.54, 1.807) is 6.08 Å². The largest absolute Gasteiger partial charge is 0.459 e. The second kappa shape index (κ2) is 7.13. The van der Waals surface area contributed by atoms with E-state index in [-0.39, 0.29) is 18.0 Å². The quantitative estimate of drug-likeness (QED) is 0.276. The molecule has 0 aliphatic rings. The fraction of sp³-hybridized carbons (Fsp3) is 0.625. The van der Waals surface area contributed by atoms with Crippen LogP contribution in [0.25, 0.3) is 0 Å². The topological polar surface area (TPSA) is 35.5 Å². The summed E-state index contributed by atoms with van der Waals surface area (Å²) in [5, 5.41) is 0. The Hall–Kier alpha value is -0.540. The molecule has 0 heterocycles. The van der Waals surface area contributed by atoms with E-state index in [1.807, 2.05) is 0 Å². The number of halogens is 1. The fourth-order valence-electron chi connectivity index (χ4n) is 0.628. The molecule has 0 saturated heterocycles. The average Bonchev–Trinajstić information content (AvgIpc) is 2.02. The van der Waals surface area contributed by atoms with E-state index in [4.69, 9.17) is 21.1 Å². The lowest BCUT2D eigenvalue weighted by Gasteiger charge is -2.13. The lowest BCUT2D eigenvalue weighted by molar-refractivity contribution is -0.147. The minimum atomic E-state index is -0.357. The molecule has 0 aliphatic carbocycles. The zero-order valence-electron chi connectivity index (χ0n) is 7.09. The number of esters is 1. The lowest BCUT2D eigenvalue weighted by atomic mass is 10.4. The summed E-state index contributed by atoms with van der Waals surface area (Å²) >= 11 is 5.51. The van der Waals surface area contributed by atoms with Crippen molar-refractivity contribution in [3.05, 3.63) is 12.7 Å². The lowest BCUT2D eigenvalue weighted by Crippen LogP contribution is -2.24. The van der Waals surface area contributed by atoms with Gasteiger partial charge in [0, 0.05) is 6.92 Å². The smallest absolute Gasteiger partial charge is 0.303 e. The van der Waals surface area contributed by atoms with Gasteiger partial charge >= 0.3 is 5.97 Å². The number of hydrogen-bond acceptors (Lipinski definition) is 3. The first-order valence-corrected chi connectivity index (χ1v) is 4.16. The third-order valence-corrected chi connectivity index (χ3v) is 1.39. The number of carbonyl (C=O) groups excluding carboxylic acids is 1. The number of alkyl halides is 1. The summed E-state index contributed by atoms with van der Waals surface area (Å²) in [5.41, 5.74) is 0. The molecule has 0 saturated carbocycles. The van der Waals surface area contributed by atoms with Crippen LogP contribution < -0.4 is 0 Å². The molecule has 0 rings (SSSR count). The van der Waals surface area contributed by atoms with E-state index in [9.17, 15) is 4.79 Å². The normalized spacial score (nSPS) is 12.2. The van der Waals surface area contributed by atoms with Gasteiger partial charge in [0.1, 0.15) is 6.10 Å².